The monoisotopic (exact) mass is 350 g/mol. The standard InChI is InChI=1S/C18H18N6O2/c1-3-13-17(19-5-1)21-15(25-13)11-23-7-9-24(10-8-23)12-16-22-18-14(26-16)4-2-6-20-18/h1-6H,7-12H2. The average Bonchev–Trinajstić information content (AvgIpc) is 3.25. The van der Waals surface area contributed by atoms with Crippen LogP contribution in [0, 0.1) is 0 Å². The van der Waals surface area contributed by atoms with Crippen molar-refractivity contribution in [1.29, 1.82) is 0 Å². The highest BCUT2D eigenvalue weighted by molar-refractivity contribution is 5.67. The maximum absolute atomic E-state index is 5.77. The van der Waals surface area contributed by atoms with Crippen LogP contribution in [-0.2, 0) is 13.1 Å². The summed E-state index contributed by atoms with van der Waals surface area (Å²) in [5, 5.41) is 0. The van der Waals surface area contributed by atoms with Crippen molar-refractivity contribution in [2.45, 2.75) is 13.1 Å². The van der Waals surface area contributed by atoms with E-state index in [1.165, 1.54) is 0 Å². The van der Waals surface area contributed by atoms with Crippen LogP contribution in [0.25, 0.3) is 22.5 Å². The third-order valence-electron chi connectivity index (χ3n) is 4.60. The van der Waals surface area contributed by atoms with Crippen molar-refractivity contribution in [3.8, 4) is 0 Å². The summed E-state index contributed by atoms with van der Waals surface area (Å²) in [6.45, 7) is 5.21. The van der Waals surface area contributed by atoms with Gasteiger partial charge in [0, 0.05) is 38.6 Å². The largest absolute Gasteiger partial charge is 0.438 e. The second-order valence-electron chi connectivity index (χ2n) is 6.42. The van der Waals surface area contributed by atoms with E-state index in [2.05, 4.69) is 29.7 Å². The Morgan fingerprint density at radius 3 is 1.62 bits per heavy atom. The van der Waals surface area contributed by atoms with E-state index in [0.717, 1.165) is 49.1 Å². The summed E-state index contributed by atoms with van der Waals surface area (Å²) in [6.07, 6.45) is 3.46. The lowest BCUT2D eigenvalue weighted by molar-refractivity contribution is 0.108. The van der Waals surface area contributed by atoms with Crippen LogP contribution >= 0.6 is 0 Å². The van der Waals surface area contributed by atoms with Gasteiger partial charge in [-0.05, 0) is 24.3 Å². The number of pyridine rings is 2. The molecule has 0 spiro atoms. The number of hydrogen-bond donors (Lipinski definition) is 0. The van der Waals surface area contributed by atoms with Gasteiger partial charge in [-0.2, -0.15) is 9.97 Å². The molecule has 4 aromatic rings. The van der Waals surface area contributed by atoms with Gasteiger partial charge in [0.1, 0.15) is 0 Å². The number of aromatic nitrogens is 4. The number of rotatable bonds is 4. The third kappa shape index (κ3) is 3.04. The van der Waals surface area contributed by atoms with Crippen LogP contribution in [0.4, 0.5) is 0 Å². The second kappa shape index (κ2) is 6.47. The molecule has 0 aromatic carbocycles. The molecule has 26 heavy (non-hydrogen) atoms. The van der Waals surface area contributed by atoms with E-state index in [1.54, 1.807) is 12.4 Å². The van der Waals surface area contributed by atoms with E-state index in [9.17, 15) is 0 Å². The molecular formula is C18H18N6O2. The zero-order valence-corrected chi connectivity index (χ0v) is 14.2. The Kier molecular flexibility index (Phi) is 3.84. The number of piperazine rings is 1. The Hall–Kier alpha value is -2.84. The van der Waals surface area contributed by atoms with Crippen molar-refractivity contribution in [1.82, 2.24) is 29.7 Å². The summed E-state index contributed by atoms with van der Waals surface area (Å²) in [7, 11) is 0. The Labute approximate surface area is 149 Å². The maximum atomic E-state index is 5.77. The van der Waals surface area contributed by atoms with Crippen LogP contribution in [-0.4, -0.2) is 55.9 Å². The van der Waals surface area contributed by atoms with Crippen LogP contribution in [0.3, 0.4) is 0 Å². The minimum atomic E-state index is 0.672. The van der Waals surface area contributed by atoms with E-state index < -0.39 is 0 Å². The molecule has 0 radical (unpaired) electrons. The zero-order valence-electron chi connectivity index (χ0n) is 14.2. The van der Waals surface area contributed by atoms with E-state index in [1.807, 2.05) is 24.3 Å². The Balaban J connectivity index is 1.19. The SMILES string of the molecule is c1cnc2nc(CN3CCN(Cc4nc5ncccc5o4)CC3)oc2c1. The molecule has 8 heteroatoms. The molecule has 1 saturated heterocycles. The van der Waals surface area contributed by atoms with Gasteiger partial charge in [-0.15, -0.1) is 0 Å². The molecule has 8 nitrogen and oxygen atoms in total. The number of nitrogens with zero attached hydrogens (tertiary/aromatic N) is 6. The molecule has 0 bridgehead atoms. The molecule has 1 aliphatic rings. The average molecular weight is 350 g/mol. The summed E-state index contributed by atoms with van der Waals surface area (Å²) in [6, 6.07) is 7.51. The summed E-state index contributed by atoms with van der Waals surface area (Å²) < 4.78 is 11.5. The molecule has 0 saturated carbocycles. The predicted octanol–water partition coefficient (Wildman–Crippen LogP) is 2.08. The van der Waals surface area contributed by atoms with Crippen molar-refractivity contribution in [3.63, 3.8) is 0 Å². The third-order valence-corrected chi connectivity index (χ3v) is 4.60. The number of hydrogen-bond acceptors (Lipinski definition) is 8. The lowest BCUT2D eigenvalue weighted by atomic mass is 10.3. The van der Waals surface area contributed by atoms with Gasteiger partial charge in [0.05, 0.1) is 13.1 Å². The van der Waals surface area contributed by atoms with Crippen LogP contribution in [0.2, 0.25) is 0 Å². The fraction of sp³-hybridized carbons (Fsp3) is 0.333. The molecule has 5 rings (SSSR count). The highest BCUT2D eigenvalue weighted by Gasteiger charge is 2.20. The Bertz CT molecular complexity index is 884. The van der Waals surface area contributed by atoms with Gasteiger partial charge in [-0.3, -0.25) is 9.80 Å². The highest BCUT2D eigenvalue weighted by Crippen LogP contribution is 2.17. The summed E-state index contributed by atoms with van der Waals surface area (Å²) >= 11 is 0. The summed E-state index contributed by atoms with van der Waals surface area (Å²) in [4.78, 5) is 22.0. The topological polar surface area (TPSA) is 84.3 Å². The first kappa shape index (κ1) is 15.4. The fourth-order valence-corrected chi connectivity index (χ4v) is 3.25. The summed E-state index contributed by atoms with van der Waals surface area (Å²) in [5.41, 5.74) is 2.83. The molecule has 4 aromatic heterocycles. The van der Waals surface area contributed by atoms with Crippen molar-refractivity contribution < 1.29 is 8.83 Å². The van der Waals surface area contributed by atoms with E-state index in [-0.39, 0.29) is 0 Å². The molecule has 1 fully saturated rings. The molecule has 0 atom stereocenters. The smallest absolute Gasteiger partial charge is 0.211 e. The molecule has 132 valence electrons. The lowest BCUT2D eigenvalue weighted by Gasteiger charge is -2.33. The Morgan fingerprint density at radius 2 is 1.19 bits per heavy atom. The Morgan fingerprint density at radius 1 is 0.731 bits per heavy atom. The molecule has 0 N–H and O–H groups in total. The van der Waals surface area contributed by atoms with Gasteiger partial charge >= 0.3 is 0 Å². The highest BCUT2D eigenvalue weighted by atomic mass is 16.4. The van der Waals surface area contributed by atoms with Gasteiger partial charge < -0.3 is 8.83 Å². The molecule has 1 aliphatic heterocycles. The number of oxazole rings is 2. The van der Waals surface area contributed by atoms with Gasteiger partial charge in [0.25, 0.3) is 0 Å². The van der Waals surface area contributed by atoms with Gasteiger partial charge in [0.2, 0.25) is 11.8 Å². The van der Waals surface area contributed by atoms with Gasteiger partial charge in [-0.25, -0.2) is 9.97 Å². The predicted molar refractivity (Wildman–Crippen MR) is 94.2 cm³/mol. The van der Waals surface area contributed by atoms with Gasteiger partial charge in [0.15, 0.2) is 22.5 Å². The first-order valence-corrected chi connectivity index (χ1v) is 8.69. The van der Waals surface area contributed by atoms with E-state index in [0.29, 0.717) is 24.4 Å². The zero-order chi connectivity index (χ0) is 17.3. The first-order valence-electron chi connectivity index (χ1n) is 8.69. The molecule has 5 heterocycles. The minimum Gasteiger partial charge on any atom is -0.438 e. The second-order valence-corrected chi connectivity index (χ2v) is 6.42. The van der Waals surface area contributed by atoms with Crippen LogP contribution < -0.4 is 0 Å². The quantitative estimate of drug-likeness (QED) is 0.553. The minimum absolute atomic E-state index is 0.672. The lowest BCUT2D eigenvalue weighted by Crippen LogP contribution is -2.45. The first-order chi connectivity index (χ1) is 12.8. The van der Waals surface area contributed by atoms with Crippen molar-refractivity contribution in [2.75, 3.05) is 26.2 Å². The molecular weight excluding hydrogens is 332 g/mol. The van der Waals surface area contributed by atoms with Gasteiger partial charge in [-0.1, -0.05) is 0 Å². The number of fused-ring (bicyclic) bond motifs is 2. The maximum Gasteiger partial charge on any atom is 0.211 e. The summed E-state index contributed by atoms with van der Waals surface area (Å²) in [5.74, 6) is 1.44. The normalized spacial score (nSPS) is 16.6. The fourth-order valence-electron chi connectivity index (χ4n) is 3.25. The van der Waals surface area contributed by atoms with E-state index >= 15 is 0 Å². The molecule has 0 unspecified atom stereocenters. The van der Waals surface area contributed by atoms with Crippen LogP contribution in [0.15, 0.2) is 45.5 Å². The molecule has 0 aliphatic carbocycles. The van der Waals surface area contributed by atoms with Crippen molar-refractivity contribution >= 4 is 22.5 Å². The van der Waals surface area contributed by atoms with Crippen molar-refractivity contribution in [2.24, 2.45) is 0 Å². The van der Waals surface area contributed by atoms with E-state index in [4.69, 9.17) is 8.83 Å². The van der Waals surface area contributed by atoms with Crippen molar-refractivity contribution in [3.05, 3.63) is 48.4 Å². The van der Waals surface area contributed by atoms with Crippen LogP contribution in [0.1, 0.15) is 11.8 Å². The van der Waals surface area contributed by atoms with Crippen LogP contribution in [0.5, 0.6) is 0 Å². The molecule has 0 amide bonds.